The van der Waals surface area contributed by atoms with Gasteiger partial charge in [0.05, 0.1) is 0 Å². The van der Waals surface area contributed by atoms with Gasteiger partial charge in [0.1, 0.15) is 0 Å². The van der Waals surface area contributed by atoms with Gasteiger partial charge in [-0.1, -0.05) is 13.3 Å². The molecular formula is C10H21NO. The van der Waals surface area contributed by atoms with Crippen LogP contribution in [-0.4, -0.2) is 19.8 Å². The topological polar surface area (TPSA) is 35.2 Å². The molecule has 1 aliphatic carbocycles. The molecule has 1 saturated carbocycles. The van der Waals surface area contributed by atoms with E-state index in [1.165, 1.54) is 32.1 Å². The minimum absolute atomic E-state index is 0.492. The van der Waals surface area contributed by atoms with Gasteiger partial charge in [-0.15, -0.1) is 0 Å². The third kappa shape index (κ3) is 3.11. The maximum absolute atomic E-state index is 5.65. The molecule has 0 radical (unpaired) electrons. The molecule has 0 heterocycles. The monoisotopic (exact) mass is 171 g/mol. The lowest BCUT2D eigenvalue weighted by Crippen LogP contribution is -2.17. The van der Waals surface area contributed by atoms with Crippen molar-refractivity contribution in [2.75, 3.05) is 19.8 Å². The molecule has 0 saturated heterocycles. The Labute approximate surface area is 75.5 Å². The van der Waals surface area contributed by atoms with Crippen LogP contribution in [0.3, 0.4) is 0 Å². The summed E-state index contributed by atoms with van der Waals surface area (Å²) in [5.41, 5.74) is 6.15. The summed E-state index contributed by atoms with van der Waals surface area (Å²) in [5, 5.41) is 0. The highest BCUT2D eigenvalue weighted by Crippen LogP contribution is 2.47. The van der Waals surface area contributed by atoms with Crippen molar-refractivity contribution < 1.29 is 4.74 Å². The fourth-order valence-corrected chi connectivity index (χ4v) is 1.37. The molecule has 0 unspecified atom stereocenters. The molecule has 0 aliphatic heterocycles. The molecule has 0 bridgehead atoms. The summed E-state index contributed by atoms with van der Waals surface area (Å²) in [4.78, 5) is 0. The Morgan fingerprint density at radius 2 is 2.08 bits per heavy atom. The van der Waals surface area contributed by atoms with Crippen LogP contribution in [0, 0.1) is 5.41 Å². The van der Waals surface area contributed by atoms with Crippen molar-refractivity contribution in [1.29, 1.82) is 0 Å². The van der Waals surface area contributed by atoms with Crippen molar-refractivity contribution in [3.8, 4) is 0 Å². The van der Waals surface area contributed by atoms with Crippen LogP contribution in [0.1, 0.15) is 39.0 Å². The summed E-state index contributed by atoms with van der Waals surface area (Å²) in [7, 11) is 0. The van der Waals surface area contributed by atoms with Crippen LogP contribution >= 0.6 is 0 Å². The highest BCUT2D eigenvalue weighted by molar-refractivity contribution is 4.93. The molecule has 1 fully saturated rings. The van der Waals surface area contributed by atoms with E-state index in [0.717, 1.165) is 19.8 Å². The normalized spacial score (nSPS) is 19.5. The summed E-state index contributed by atoms with van der Waals surface area (Å²) in [6.45, 7) is 4.88. The molecule has 2 nitrogen and oxygen atoms in total. The Morgan fingerprint density at radius 1 is 1.33 bits per heavy atom. The van der Waals surface area contributed by atoms with E-state index in [0.29, 0.717) is 5.41 Å². The fourth-order valence-electron chi connectivity index (χ4n) is 1.37. The number of rotatable bonds is 7. The molecule has 0 aromatic heterocycles. The zero-order valence-electron chi connectivity index (χ0n) is 8.14. The van der Waals surface area contributed by atoms with Crippen molar-refractivity contribution in [2.45, 2.75) is 39.0 Å². The predicted octanol–water partition coefficient (Wildman–Crippen LogP) is 1.93. The van der Waals surface area contributed by atoms with E-state index in [9.17, 15) is 0 Å². The van der Waals surface area contributed by atoms with Crippen LogP contribution in [0.4, 0.5) is 0 Å². The number of unbranched alkanes of at least 4 members (excludes halogenated alkanes) is 1. The number of hydrogen-bond acceptors (Lipinski definition) is 2. The third-order valence-electron chi connectivity index (χ3n) is 2.81. The van der Waals surface area contributed by atoms with Crippen molar-refractivity contribution in [3.05, 3.63) is 0 Å². The van der Waals surface area contributed by atoms with Gasteiger partial charge >= 0.3 is 0 Å². The van der Waals surface area contributed by atoms with Crippen molar-refractivity contribution in [1.82, 2.24) is 0 Å². The van der Waals surface area contributed by atoms with E-state index < -0.39 is 0 Å². The molecule has 0 aromatic rings. The summed E-state index contributed by atoms with van der Waals surface area (Å²) in [6, 6.07) is 0. The maximum atomic E-state index is 5.65. The smallest absolute Gasteiger partial charge is 0.0471 e. The van der Waals surface area contributed by atoms with Gasteiger partial charge < -0.3 is 10.5 Å². The Bertz CT molecular complexity index is 121. The van der Waals surface area contributed by atoms with Crippen LogP contribution in [0.5, 0.6) is 0 Å². The van der Waals surface area contributed by atoms with Crippen molar-refractivity contribution in [3.63, 3.8) is 0 Å². The number of hydrogen-bond donors (Lipinski definition) is 1. The second-order valence-corrected chi connectivity index (χ2v) is 3.92. The Morgan fingerprint density at radius 3 is 2.58 bits per heavy atom. The van der Waals surface area contributed by atoms with E-state index >= 15 is 0 Å². The van der Waals surface area contributed by atoms with E-state index in [1.807, 2.05) is 0 Å². The molecule has 0 amide bonds. The summed E-state index contributed by atoms with van der Waals surface area (Å²) in [6.07, 6.45) is 6.23. The molecule has 2 heteroatoms. The minimum atomic E-state index is 0.492. The second kappa shape index (κ2) is 4.83. The number of nitrogens with two attached hydrogens (primary N) is 1. The van der Waals surface area contributed by atoms with E-state index in [-0.39, 0.29) is 0 Å². The fraction of sp³-hybridized carbons (Fsp3) is 1.00. The zero-order chi connectivity index (χ0) is 8.86. The van der Waals surface area contributed by atoms with Gasteiger partial charge in [0.15, 0.2) is 0 Å². The van der Waals surface area contributed by atoms with Gasteiger partial charge in [0, 0.05) is 13.2 Å². The maximum Gasteiger partial charge on any atom is 0.0471 e. The lowest BCUT2D eigenvalue weighted by atomic mass is 10.0. The van der Waals surface area contributed by atoms with E-state index in [1.54, 1.807) is 0 Å². The van der Waals surface area contributed by atoms with Crippen LogP contribution in [0.2, 0.25) is 0 Å². The van der Waals surface area contributed by atoms with Crippen LogP contribution in [0.25, 0.3) is 0 Å². The van der Waals surface area contributed by atoms with Crippen LogP contribution in [0.15, 0.2) is 0 Å². The Hall–Kier alpha value is -0.0800. The van der Waals surface area contributed by atoms with Crippen molar-refractivity contribution >= 4 is 0 Å². The first-order valence-electron chi connectivity index (χ1n) is 5.11. The predicted molar refractivity (Wildman–Crippen MR) is 51.1 cm³/mol. The molecule has 1 rings (SSSR count). The average Bonchev–Trinajstić information content (AvgIpc) is 2.85. The first-order chi connectivity index (χ1) is 5.83. The summed E-state index contributed by atoms with van der Waals surface area (Å²) in [5.74, 6) is 0. The van der Waals surface area contributed by atoms with Gasteiger partial charge in [-0.2, -0.15) is 0 Å². The van der Waals surface area contributed by atoms with Crippen LogP contribution in [-0.2, 0) is 4.74 Å². The quantitative estimate of drug-likeness (QED) is 0.594. The minimum Gasteiger partial charge on any atom is -0.381 e. The summed E-state index contributed by atoms with van der Waals surface area (Å²) < 4.78 is 5.50. The molecular weight excluding hydrogens is 150 g/mol. The van der Waals surface area contributed by atoms with E-state index in [2.05, 4.69) is 6.92 Å². The highest BCUT2D eigenvalue weighted by Gasteiger charge is 2.40. The molecule has 72 valence electrons. The molecule has 0 atom stereocenters. The Kier molecular flexibility index (Phi) is 4.02. The molecule has 12 heavy (non-hydrogen) atoms. The van der Waals surface area contributed by atoms with E-state index in [4.69, 9.17) is 10.5 Å². The van der Waals surface area contributed by atoms with Crippen molar-refractivity contribution in [2.24, 2.45) is 11.1 Å². The third-order valence-corrected chi connectivity index (χ3v) is 2.81. The first-order valence-corrected chi connectivity index (χ1v) is 5.11. The molecule has 2 N–H and O–H groups in total. The largest absolute Gasteiger partial charge is 0.381 e. The lowest BCUT2D eigenvalue weighted by Gasteiger charge is -2.11. The van der Waals surface area contributed by atoms with Gasteiger partial charge in [-0.05, 0) is 37.6 Å². The number of ether oxygens (including phenoxy) is 1. The van der Waals surface area contributed by atoms with Gasteiger partial charge in [0.2, 0.25) is 0 Å². The van der Waals surface area contributed by atoms with Gasteiger partial charge in [-0.3, -0.25) is 0 Å². The first kappa shape index (κ1) is 10.0. The van der Waals surface area contributed by atoms with Gasteiger partial charge in [0.25, 0.3) is 0 Å². The Balaban J connectivity index is 1.89. The molecule has 0 spiro atoms. The molecule has 0 aromatic carbocycles. The average molecular weight is 171 g/mol. The van der Waals surface area contributed by atoms with Crippen LogP contribution < -0.4 is 5.73 Å². The second-order valence-electron chi connectivity index (χ2n) is 3.92. The zero-order valence-corrected chi connectivity index (χ0v) is 8.14. The van der Waals surface area contributed by atoms with Gasteiger partial charge in [-0.25, -0.2) is 0 Å². The highest BCUT2D eigenvalue weighted by atomic mass is 16.5. The standard InChI is InChI=1S/C10H21NO/c1-2-3-7-12-8-6-10(9-11)4-5-10/h2-9,11H2,1H3. The lowest BCUT2D eigenvalue weighted by molar-refractivity contribution is 0.115. The SMILES string of the molecule is CCCCOCCC1(CN)CC1. The molecule has 1 aliphatic rings. The summed E-state index contributed by atoms with van der Waals surface area (Å²) >= 11 is 0.